The Balaban J connectivity index is 1.70. The van der Waals surface area contributed by atoms with Crippen LogP contribution in [0.2, 0.25) is 0 Å². The zero-order chi connectivity index (χ0) is 13.7. The number of carbonyl (C=O) groups is 1. The van der Waals surface area contributed by atoms with E-state index < -0.39 is 0 Å². The molecule has 0 heterocycles. The summed E-state index contributed by atoms with van der Waals surface area (Å²) in [6, 6.07) is 7.46. The number of hydrogen-bond acceptors (Lipinski definition) is 3. The van der Waals surface area contributed by atoms with E-state index in [1.807, 2.05) is 24.3 Å². The average Bonchev–Trinajstić information content (AvgIpc) is 3.19. The number of aliphatic hydroxyl groups excluding tert-OH is 1. The highest BCUT2D eigenvalue weighted by atomic mass is 16.5. The summed E-state index contributed by atoms with van der Waals surface area (Å²) >= 11 is 0. The maximum Gasteiger partial charge on any atom is 0.257 e. The largest absolute Gasteiger partial charge is 0.484 e. The van der Waals surface area contributed by atoms with E-state index in [-0.39, 0.29) is 18.6 Å². The number of aliphatic hydroxyl groups is 1. The smallest absolute Gasteiger partial charge is 0.257 e. The van der Waals surface area contributed by atoms with Crippen molar-refractivity contribution in [3.05, 3.63) is 29.8 Å². The fourth-order valence-electron chi connectivity index (χ4n) is 1.84. The molecule has 1 amide bonds. The Labute approximate surface area is 113 Å². The summed E-state index contributed by atoms with van der Waals surface area (Å²) in [5.41, 5.74) is 1.06. The van der Waals surface area contributed by atoms with Crippen LogP contribution in [-0.4, -0.2) is 30.3 Å². The van der Waals surface area contributed by atoms with Crippen LogP contribution < -0.4 is 10.1 Å². The molecule has 1 aliphatic carbocycles. The molecule has 0 saturated heterocycles. The van der Waals surface area contributed by atoms with Crippen LogP contribution in [-0.2, 0) is 11.2 Å². The molecule has 4 heteroatoms. The van der Waals surface area contributed by atoms with Crippen LogP contribution in [0.4, 0.5) is 0 Å². The monoisotopic (exact) mass is 263 g/mol. The minimum absolute atomic E-state index is 0.0580. The van der Waals surface area contributed by atoms with Gasteiger partial charge < -0.3 is 15.2 Å². The second-order valence-corrected chi connectivity index (χ2v) is 5.23. The molecule has 1 unspecified atom stereocenters. The number of hydrogen-bond donors (Lipinski definition) is 2. The van der Waals surface area contributed by atoms with E-state index in [0.29, 0.717) is 18.1 Å². The zero-order valence-electron chi connectivity index (χ0n) is 11.3. The van der Waals surface area contributed by atoms with Gasteiger partial charge in [-0.15, -0.1) is 0 Å². The average molecular weight is 263 g/mol. The molecule has 0 bridgehead atoms. The lowest BCUT2D eigenvalue weighted by molar-refractivity contribution is -0.123. The molecule has 1 aliphatic rings. The van der Waals surface area contributed by atoms with Crippen LogP contribution in [0, 0.1) is 5.92 Å². The van der Waals surface area contributed by atoms with Gasteiger partial charge in [0.05, 0.1) is 6.10 Å². The SMILES string of the molecule is CC(O)Cc1ccc(OCC(=O)NCC2CC2)cc1. The number of benzene rings is 1. The molecule has 2 N–H and O–H groups in total. The van der Waals surface area contributed by atoms with Crippen molar-refractivity contribution in [2.75, 3.05) is 13.2 Å². The van der Waals surface area contributed by atoms with E-state index >= 15 is 0 Å². The molecule has 4 nitrogen and oxygen atoms in total. The third-order valence-electron chi connectivity index (χ3n) is 3.11. The van der Waals surface area contributed by atoms with Crippen molar-refractivity contribution in [3.8, 4) is 5.75 Å². The zero-order valence-corrected chi connectivity index (χ0v) is 11.3. The van der Waals surface area contributed by atoms with Gasteiger partial charge in [0.1, 0.15) is 5.75 Å². The van der Waals surface area contributed by atoms with Crippen LogP contribution in [0.25, 0.3) is 0 Å². The quantitative estimate of drug-likeness (QED) is 0.784. The number of rotatable bonds is 7. The van der Waals surface area contributed by atoms with Gasteiger partial charge in [-0.1, -0.05) is 12.1 Å². The minimum Gasteiger partial charge on any atom is -0.484 e. The van der Waals surface area contributed by atoms with Gasteiger partial charge in [0, 0.05) is 6.54 Å². The van der Waals surface area contributed by atoms with Crippen molar-refractivity contribution in [2.24, 2.45) is 5.92 Å². The Hall–Kier alpha value is -1.55. The van der Waals surface area contributed by atoms with E-state index in [9.17, 15) is 9.90 Å². The Morgan fingerprint density at radius 1 is 1.42 bits per heavy atom. The van der Waals surface area contributed by atoms with Crippen LogP contribution in [0.1, 0.15) is 25.3 Å². The van der Waals surface area contributed by atoms with E-state index in [1.54, 1.807) is 6.92 Å². The molecule has 1 aromatic carbocycles. The molecule has 0 aromatic heterocycles. The second-order valence-electron chi connectivity index (χ2n) is 5.23. The van der Waals surface area contributed by atoms with Gasteiger partial charge in [0.15, 0.2) is 6.61 Å². The molecule has 2 rings (SSSR count). The van der Waals surface area contributed by atoms with Gasteiger partial charge >= 0.3 is 0 Å². The summed E-state index contributed by atoms with van der Waals surface area (Å²) in [4.78, 5) is 11.5. The van der Waals surface area contributed by atoms with E-state index in [0.717, 1.165) is 12.1 Å². The highest BCUT2D eigenvalue weighted by Crippen LogP contribution is 2.27. The third-order valence-corrected chi connectivity index (χ3v) is 3.11. The lowest BCUT2D eigenvalue weighted by Crippen LogP contribution is -2.30. The van der Waals surface area contributed by atoms with E-state index in [1.165, 1.54) is 12.8 Å². The molecule has 0 spiro atoms. The lowest BCUT2D eigenvalue weighted by atomic mass is 10.1. The van der Waals surface area contributed by atoms with E-state index in [2.05, 4.69) is 5.32 Å². The Morgan fingerprint density at radius 2 is 2.11 bits per heavy atom. The second kappa shape index (κ2) is 6.57. The van der Waals surface area contributed by atoms with Gasteiger partial charge in [-0.05, 0) is 49.8 Å². The molecule has 1 aromatic rings. The number of carbonyl (C=O) groups excluding carboxylic acids is 1. The molecule has 0 aliphatic heterocycles. The predicted octanol–water partition coefficient (Wildman–Crippen LogP) is 1.51. The summed E-state index contributed by atoms with van der Waals surface area (Å²) < 4.78 is 5.41. The van der Waals surface area contributed by atoms with Crippen LogP contribution >= 0.6 is 0 Å². The summed E-state index contributed by atoms with van der Waals surface area (Å²) in [6.07, 6.45) is 2.74. The maximum atomic E-state index is 11.5. The molecular weight excluding hydrogens is 242 g/mol. The Bertz CT molecular complexity index is 410. The van der Waals surface area contributed by atoms with Crippen molar-refractivity contribution >= 4 is 5.91 Å². The van der Waals surface area contributed by atoms with Crippen LogP contribution in [0.5, 0.6) is 5.75 Å². The van der Waals surface area contributed by atoms with Gasteiger partial charge in [-0.25, -0.2) is 0 Å². The Morgan fingerprint density at radius 3 is 2.68 bits per heavy atom. The fraction of sp³-hybridized carbons (Fsp3) is 0.533. The minimum atomic E-state index is -0.347. The van der Waals surface area contributed by atoms with Crippen molar-refractivity contribution in [1.82, 2.24) is 5.32 Å². The first kappa shape index (κ1) is 13.9. The summed E-state index contributed by atoms with van der Waals surface area (Å²) in [5.74, 6) is 1.29. The number of ether oxygens (including phenoxy) is 1. The van der Waals surface area contributed by atoms with Crippen molar-refractivity contribution < 1.29 is 14.6 Å². The van der Waals surface area contributed by atoms with E-state index in [4.69, 9.17) is 4.74 Å². The fourth-order valence-corrected chi connectivity index (χ4v) is 1.84. The molecule has 1 fully saturated rings. The predicted molar refractivity (Wildman–Crippen MR) is 73.1 cm³/mol. The number of amides is 1. The third kappa shape index (κ3) is 5.30. The molecule has 1 atom stereocenters. The van der Waals surface area contributed by atoms with Gasteiger partial charge in [0.25, 0.3) is 5.91 Å². The van der Waals surface area contributed by atoms with Crippen LogP contribution in [0.3, 0.4) is 0 Å². The molecule has 1 saturated carbocycles. The van der Waals surface area contributed by atoms with Crippen molar-refractivity contribution in [1.29, 1.82) is 0 Å². The van der Waals surface area contributed by atoms with Gasteiger partial charge in [-0.2, -0.15) is 0 Å². The topological polar surface area (TPSA) is 58.6 Å². The van der Waals surface area contributed by atoms with Crippen LogP contribution in [0.15, 0.2) is 24.3 Å². The van der Waals surface area contributed by atoms with Gasteiger partial charge in [0.2, 0.25) is 0 Å². The van der Waals surface area contributed by atoms with Crippen molar-refractivity contribution in [2.45, 2.75) is 32.3 Å². The Kier molecular flexibility index (Phi) is 4.80. The molecule has 19 heavy (non-hydrogen) atoms. The lowest BCUT2D eigenvalue weighted by Gasteiger charge is -2.08. The normalized spacial score (nSPS) is 15.9. The van der Waals surface area contributed by atoms with Crippen molar-refractivity contribution in [3.63, 3.8) is 0 Å². The summed E-state index contributed by atoms with van der Waals surface area (Å²) in [5, 5.41) is 12.1. The summed E-state index contributed by atoms with van der Waals surface area (Å²) in [7, 11) is 0. The highest BCUT2D eigenvalue weighted by Gasteiger charge is 2.21. The van der Waals surface area contributed by atoms with Gasteiger partial charge in [-0.3, -0.25) is 4.79 Å². The first-order chi connectivity index (χ1) is 9.13. The first-order valence-electron chi connectivity index (χ1n) is 6.80. The standard InChI is InChI=1S/C15H21NO3/c1-11(17)8-12-4-6-14(7-5-12)19-10-15(18)16-9-13-2-3-13/h4-7,11,13,17H,2-3,8-10H2,1H3,(H,16,18). The molecular formula is C15H21NO3. The molecule has 104 valence electrons. The summed E-state index contributed by atoms with van der Waals surface area (Å²) in [6.45, 7) is 2.59. The number of nitrogens with one attached hydrogen (secondary N) is 1. The molecule has 0 radical (unpaired) electrons. The highest BCUT2D eigenvalue weighted by molar-refractivity contribution is 5.77. The first-order valence-corrected chi connectivity index (χ1v) is 6.80. The maximum absolute atomic E-state index is 11.5.